The zero-order chi connectivity index (χ0) is 16.4. The molecule has 122 valence electrons. The fourth-order valence-corrected chi connectivity index (χ4v) is 2.88. The molecule has 6 heteroatoms. The van der Waals surface area contributed by atoms with Gasteiger partial charge >= 0.3 is 0 Å². The summed E-state index contributed by atoms with van der Waals surface area (Å²) in [5.41, 5.74) is 2.12. The molecule has 0 N–H and O–H groups in total. The first-order chi connectivity index (χ1) is 11.0. The zero-order valence-electron chi connectivity index (χ0n) is 13.9. The minimum Gasteiger partial charge on any atom is -0.361 e. The highest BCUT2D eigenvalue weighted by Gasteiger charge is 2.24. The summed E-state index contributed by atoms with van der Waals surface area (Å²) < 4.78 is 2.07. The molecule has 1 amide bonds. The Morgan fingerprint density at radius 2 is 2.04 bits per heavy atom. The van der Waals surface area contributed by atoms with Crippen LogP contribution in [0.25, 0.3) is 0 Å². The summed E-state index contributed by atoms with van der Waals surface area (Å²) in [7, 11) is 3.89. The normalized spacial score (nSPS) is 15.2. The second-order valence-electron chi connectivity index (χ2n) is 6.32. The van der Waals surface area contributed by atoms with E-state index in [0.29, 0.717) is 13.0 Å². The summed E-state index contributed by atoms with van der Waals surface area (Å²) in [5, 5.41) is 8.51. The Kier molecular flexibility index (Phi) is 4.32. The van der Waals surface area contributed by atoms with Crippen molar-refractivity contribution in [3.8, 4) is 0 Å². The van der Waals surface area contributed by atoms with Crippen LogP contribution in [0, 0.1) is 0 Å². The SMILES string of the molecule is C[C@@H](CC(=O)N1CCc2nnc(N(C)C)cc2C1)n1cccc1. The maximum atomic E-state index is 12.6. The number of hydrogen-bond donors (Lipinski definition) is 0. The third kappa shape index (κ3) is 3.36. The molecule has 2 aromatic rings. The fraction of sp³-hybridized carbons (Fsp3) is 0.471. The molecule has 3 heterocycles. The largest absolute Gasteiger partial charge is 0.361 e. The number of rotatable bonds is 4. The number of carbonyl (C=O) groups is 1. The predicted octanol–water partition coefficient (Wildman–Crippen LogP) is 1.88. The molecule has 0 spiro atoms. The number of carbonyl (C=O) groups excluding carboxylic acids is 1. The number of hydrogen-bond acceptors (Lipinski definition) is 4. The molecule has 0 saturated heterocycles. The zero-order valence-corrected chi connectivity index (χ0v) is 13.9. The number of fused-ring (bicyclic) bond motifs is 1. The van der Waals surface area contributed by atoms with E-state index in [0.717, 1.165) is 30.0 Å². The van der Waals surface area contributed by atoms with E-state index in [2.05, 4.69) is 21.7 Å². The molecule has 3 rings (SSSR count). The average molecular weight is 313 g/mol. The quantitative estimate of drug-likeness (QED) is 0.865. The monoisotopic (exact) mass is 313 g/mol. The van der Waals surface area contributed by atoms with E-state index in [1.165, 1.54) is 0 Å². The van der Waals surface area contributed by atoms with Crippen molar-refractivity contribution in [3.63, 3.8) is 0 Å². The van der Waals surface area contributed by atoms with Gasteiger partial charge in [0.15, 0.2) is 5.82 Å². The van der Waals surface area contributed by atoms with Crippen molar-refractivity contribution in [3.05, 3.63) is 41.9 Å². The number of anilines is 1. The fourth-order valence-electron chi connectivity index (χ4n) is 2.88. The average Bonchev–Trinajstić information content (AvgIpc) is 3.08. The topological polar surface area (TPSA) is 54.3 Å². The molecule has 0 saturated carbocycles. The summed E-state index contributed by atoms with van der Waals surface area (Å²) in [6.45, 7) is 3.43. The lowest BCUT2D eigenvalue weighted by Gasteiger charge is -2.29. The van der Waals surface area contributed by atoms with Crippen molar-refractivity contribution in [2.45, 2.75) is 32.4 Å². The molecule has 6 nitrogen and oxygen atoms in total. The molecular weight excluding hydrogens is 290 g/mol. The maximum Gasteiger partial charge on any atom is 0.224 e. The van der Waals surface area contributed by atoms with Crippen LogP contribution in [-0.4, -0.2) is 46.2 Å². The minimum absolute atomic E-state index is 0.173. The summed E-state index contributed by atoms with van der Waals surface area (Å²) in [6, 6.07) is 6.18. The van der Waals surface area contributed by atoms with Crippen molar-refractivity contribution in [1.29, 1.82) is 0 Å². The number of nitrogens with zero attached hydrogens (tertiary/aromatic N) is 5. The van der Waals surface area contributed by atoms with Gasteiger partial charge < -0.3 is 14.4 Å². The van der Waals surface area contributed by atoms with Gasteiger partial charge in [-0.2, -0.15) is 5.10 Å². The van der Waals surface area contributed by atoms with Crippen LogP contribution in [0.2, 0.25) is 0 Å². The van der Waals surface area contributed by atoms with Gasteiger partial charge in [-0.1, -0.05) is 0 Å². The highest BCUT2D eigenvalue weighted by Crippen LogP contribution is 2.22. The Balaban J connectivity index is 1.68. The first-order valence-corrected chi connectivity index (χ1v) is 7.97. The maximum absolute atomic E-state index is 12.6. The van der Waals surface area contributed by atoms with Crippen LogP contribution < -0.4 is 4.90 Å². The molecule has 1 aliphatic heterocycles. The lowest BCUT2D eigenvalue weighted by molar-refractivity contribution is -0.132. The van der Waals surface area contributed by atoms with Crippen molar-refractivity contribution in [2.24, 2.45) is 0 Å². The second kappa shape index (κ2) is 6.40. The Hall–Kier alpha value is -2.37. The van der Waals surface area contributed by atoms with Crippen LogP contribution in [-0.2, 0) is 17.8 Å². The van der Waals surface area contributed by atoms with Crippen molar-refractivity contribution in [2.75, 3.05) is 25.5 Å². The van der Waals surface area contributed by atoms with Crippen LogP contribution in [0.15, 0.2) is 30.6 Å². The van der Waals surface area contributed by atoms with Crippen molar-refractivity contribution in [1.82, 2.24) is 19.7 Å². The van der Waals surface area contributed by atoms with Crippen molar-refractivity contribution >= 4 is 11.7 Å². The van der Waals surface area contributed by atoms with Crippen LogP contribution in [0.4, 0.5) is 5.82 Å². The van der Waals surface area contributed by atoms with Gasteiger partial charge in [0.05, 0.1) is 5.69 Å². The standard InChI is InChI=1S/C17H23N5O/c1-13(21-7-4-5-8-21)10-17(23)22-9-6-15-14(12-22)11-16(19-18-15)20(2)3/h4-5,7-8,11,13H,6,9-10,12H2,1-3H3/t13-/m0/s1. The molecule has 2 aromatic heterocycles. The van der Waals surface area contributed by atoms with E-state index >= 15 is 0 Å². The Morgan fingerprint density at radius 1 is 1.30 bits per heavy atom. The van der Waals surface area contributed by atoms with E-state index in [1.807, 2.05) is 54.5 Å². The first-order valence-electron chi connectivity index (χ1n) is 7.97. The van der Waals surface area contributed by atoms with E-state index in [4.69, 9.17) is 0 Å². The third-order valence-electron chi connectivity index (χ3n) is 4.34. The summed E-state index contributed by atoms with van der Waals surface area (Å²) in [5.74, 6) is 1.03. The van der Waals surface area contributed by atoms with Crippen LogP contribution >= 0.6 is 0 Å². The number of aromatic nitrogens is 3. The van der Waals surface area contributed by atoms with Gasteiger partial charge in [0.2, 0.25) is 5.91 Å². The molecule has 0 bridgehead atoms. The minimum atomic E-state index is 0.173. The van der Waals surface area contributed by atoms with Gasteiger partial charge in [-0.3, -0.25) is 4.79 Å². The molecule has 0 unspecified atom stereocenters. The van der Waals surface area contributed by atoms with Gasteiger partial charge in [-0.05, 0) is 30.7 Å². The van der Waals surface area contributed by atoms with Gasteiger partial charge in [-0.15, -0.1) is 5.10 Å². The highest BCUT2D eigenvalue weighted by atomic mass is 16.2. The first kappa shape index (κ1) is 15.5. The highest BCUT2D eigenvalue weighted by molar-refractivity contribution is 5.77. The summed E-state index contributed by atoms with van der Waals surface area (Å²) in [4.78, 5) is 16.5. The molecule has 0 fully saturated rings. The molecule has 0 radical (unpaired) electrons. The lowest BCUT2D eigenvalue weighted by atomic mass is 10.1. The molecule has 23 heavy (non-hydrogen) atoms. The molecule has 1 atom stereocenters. The predicted molar refractivity (Wildman–Crippen MR) is 89.2 cm³/mol. The Labute approximate surface area is 136 Å². The van der Waals surface area contributed by atoms with Crippen LogP contribution in [0.1, 0.15) is 30.6 Å². The van der Waals surface area contributed by atoms with E-state index in [-0.39, 0.29) is 11.9 Å². The molecule has 0 aromatic carbocycles. The summed E-state index contributed by atoms with van der Waals surface area (Å²) >= 11 is 0. The molecular formula is C17H23N5O. The van der Waals surface area contributed by atoms with Crippen molar-refractivity contribution < 1.29 is 4.79 Å². The molecule has 1 aliphatic rings. The lowest BCUT2D eigenvalue weighted by Crippen LogP contribution is -2.37. The Bertz CT molecular complexity index is 680. The second-order valence-corrected chi connectivity index (χ2v) is 6.32. The van der Waals surface area contributed by atoms with Gasteiger partial charge in [0.25, 0.3) is 0 Å². The van der Waals surface area contributed by atoms with Crippen LogP contribution in [0.5, 0.6) is 0 Å². The summed E-state index contributed by atoms with van der Waals surface area (Å²) in [6.07, 6.45) is 5.30. The van der Waals surface area contributed by atoms with Gasteiger partial charge in [-0.25, -0.2) is 0 Å². The van der Waals surface area contributed by atoms with E-state index in [1.54, 1.807) is 0 Å². The number of amides is 1. The molecule has 0 aliphatic carbocycles. The smallest absolute Gasteiger partial charge is 0.224 e. The third-order valence-corrected chi connectivity index (χ3v) is 4.34. The van der Waals surface area contributed by atoms with E-state index < -0.39 is 0 Å². The van der Waals surface area contributed by atoms with Gasteiger partial charge in [0.1, 0.15) is 0 Å². The van der Waals surface area contributed by atoms with Crippen LogP contribution in [0.3, 0.4) is 0 Å². The van der Waals surface area contributed by atoms with E-state index in [9.17, 15) is 4.79 Å². The Morgan fingerprint density at radius 3 is 2.74 bits per heavy atom. The van der Waals surface area contributed by atoms with Gasteiger partial charge in [0, 0.05) is 58.5 Å².